The number of carbonyl (C=O) groups excluding carboxylic acids is 5. The van der Waals surface area contributed by atoms with Gasteiger partial charge in [-0.05, 0) is 173 Å². The number of benzene rings is 4. The van der Waals surface area contributed by atoms with Gasteiger partial charge in [-0.3, -0.25) is 28.8 Å². The average molecular weight is 994 g/mol. The molecule has 12 heteroatoms. The predicted octanol–water partition coefficient (Wildman–Crippen LogP) is 11.6. The van der Waals surface area contributed by atoms with Crippen molar-refractivity contribution in [2.24, 2.45) is 0 Å². The number of rotatable bonds is 28. The molecule has 0 heterocycles. The van der Waals surface area contributed by atoms with Crippen LogP contribution in [0.3, 0.4) is 0 Å². The first kappa shape index (κ1) is 57.1. The summed E-state index contributed by atoms with van der Waals surface area (Å²) >= 11 is 0. The summed E-state index contributed by atoms with van der Waals surface area (Å²) in [5, 5.41) is 17.7. The van der Waals surface area contributed by atoms with Gasteiger partial charge in [0.15, 0.2) is 11.6 Å². The Morgan fingerprint density at radius 3 is 1.27 bits per heavy atom. The topological polar surface area (TPSA) is 165 Å². The summed E-state index contributed by atoms with van der Waals surface area (Å²) in [5.41, 5.74) is 10.3. The van der Waals surface area contributed by atoms with E-state index in [1.54, 1.807) is 19.2 Å². The Bertz CT molecular complexity index is 2510. The number of fused-ring (bicyclic) bond motifs is 2. The molecule has 6 rings (SSSR count). The zero-order valence-electron chi connectivity index (χ0n) is 44.0. The number of ketones is 2. The van der Waals surface area contributed by atoms with Crippen LogP contribution in [0, 0.1) is 0 Å². The Labute approximate surface area is 434 Å². The molecule has 73 heavy (non-hydrogen) atoms. The molecule has 4 aromatic carbocycles. The summed E-state index contributed by atoms with van der Waals surface area (Å²) in [7, 11) is 1.65. The highest BCUT2D eigenvalue weighted by Gasteiger charge is 2.26. The summed E-state index contributed by atoms with van der Waals surface area (Å²) in [6.07, 6.45) is 19.2. The van der Waals surface area contributed by atoms with Crippen LogP contribution in [0.15, 0.2) is 97.1 Å². The van der Waals surface area contributed by atoms with E-state index in [0.717, 1.165) is 130 Å². The van der Waals surface area contributed by atoms with Gasteiger partial charge in [-0.25, -0.2) is 0 Å². The van der Waals surface area contributed by atoms with E-state index in [1.165, 1.54) is 11.1 Å². The molecule has 0 saturated carbocycles. The number of carboxylic acid groups (broad SMARTS) is 1. The fraction of sp³-hybridized carbons (Fsp3) is 0.443. The number of aliphatic carboxylic acids is 1. The van der Waals surface area contributed by atoms with Gasteiger partial charge in [0.2, 0.25) is 5.91 Å². The molecule has 0 radical (unpaired) electrons. The van der Waals surface area contributed by atoms with Crippen molar-refractivity contribution in [3.05, 3.63) is 142 Å². The lowest BCUT2D eigenvalue weighted by molar-refractivity contribution is -0.137. The second-order valence-electron chi connectivity index (χ2n) is 19.0. The lowest BCUT2D eigenvalue weighted by Gasteiger charge is -2.21. The number of nitrogens with zero attached hydrogens (tertiary/aromatic N) is 2. The normalized spacial score (nSPS) is 14.5. The molecule has 0 saturated heterocycles. The van der Waals surface area contributed by atoms with Gasteiger partial charge in [0.1, 0.15) is 0 Å². The van der Waals surface area contributed by atoms with Crippen molar-refractivity contribution in [1.82, 2.24) is 16.0 Å². The Morgan fingerprint density at radius 1 is 0.521 bits per heavy atom. The summed E-state index contributed by atoms with van der Waals surface area (Å²) in [6.45, 7) is 12.2. The van der Waals surface area contributed by atoms with Gasteiger partial charge in [0, 0.05) is 81.4 Å². The molecule has 0 aromatic heterocycles. The number of allylic oxidation sites excluding steroid dienone is 2. The minimum atomic E-state index is -0.766. The maximum atomic E-state index is 12.9. The third-order valence-electron chi connectivity index (χ3n) is 14.0. The monoisotopic (exact) mass is 994 g/mol. The number of hydrogen-bond acceptors (Lipinski definition) is 8. The van der Waals surface area contributed by atoms with E-state index in [0.29, 0.717) is 36.8 Å². The second-order valence-corrected chi connectivity index (χ2v) is 19.0. The van der Waals surface area contributed by atoms with E-state index in [1.807, 2.05) is 72.8 Å². The van der Waals surface area contributed by atoms with Crippen LogP contribution < -0.4 is 25.8 Å². The van der Waals surface area contributed by atoms with Crippen molar-refractivity contribution in [2.45, 2.75) is 143 Å². The smallest absolute Gasteiger partial charge is 0.303 e. The molecule has 2 aliphatic rings. The molecule has 0 spiro atoms. The largest absolute Gasteiger partial charge is 0.481 e. The van der Waals surface area contributed by atoms with Crippen molar-refractivity contribution in [1.29, 1.82) is 0 Å². The lowest BCUT2D eigenvalue weighted by atomic mass is 10.0. The molecule has 2 aliphatic carbocycles. The van der Waals surface area contributed by atoms with Crippen LogP contribution in [0.4, 0.5) is 11.4 Å². The van der Waals surface area contributed by atoms with Gasteiger partial charge in [0.05, 0.1) is 12.1 Å². The highest BCUT2D eigenvalue weighted by atomic mass is 16.4. The van der Waals surface area contributed by atoms with Gasteiger partial charge in [-0.2, -0.15) is 0 Å². The van der Waals surface area contributed by atoms with Crippen molar-refractivity contribution < 1.29 is 33.9 Å². The van der Waals surface area contributed by atoms with Gasteiger partial charge in [-0.15, -0.1) is 0 Å². The van der Waals surface area contributed by atoms with Crippen LogP contribution in [-0.4, -0.2) is 73.6 Å². The molecule has 4 N–H and O–H groups in total. The molecular formula is C61H79N5O7. The minimum Gasteiger partial charge on any atom is -0.481 e. The molecule has 0 bridgehead atoms. The zero-order valence-corrected chi connectivity index (χ0v) is 44.0. The number of nitrogens with one attached hydrogen (secondary N) is 3. The molecule has 0 fully saturated rings. The summed E-state index contributed by atoms with van der Waals surface area (Å²) < 4.78 is 0. The van der Waals surface area contributed by atoms with Crippen molar-refractivity contribution in [3.8, 4) is 0 Å². The van der Waals surface area contributed by atoms with Crippen LogP contribution in [0.2, 0.25) is 0 Å². The zero-order chi connectivity index (χ0) is 52.5. The molecule has 4 aromatic rings. The van der Waals surface area contributed by atoms with E-state index in [9.17, 15) is 28.8 Å². The number of amides is 3. The molecular weight excluding hydrogens is 915 g/mol. The second kappa shape index (κ2) is 30.3. The average Bonchev–Trinajstić information content (AvgIpc) is 4.00. The van der Waals surface area contributed by atoms with Crippen molar-refractivity contribution in [3.63, 3.8) is 0 Å². The molecule has 2 atom stereocenters. The third kappa shape index (κ3) is 18.3. The first-order chi connectivity index (χ1) is 35.3. The van der Waals surface area contributed by atoms with Crippen molar-refractivity contribution in [2.75, 3.05) is 43.0 Å². The maximum absolute atomic E-state index is 12.9. The molecule has 12 nitrogen and oxygen atoms in total. The lowest BCUT2D eigenvalue weighted by Crippen LogP contribution is -2.27. The van der Waals surface area contributed by atoms with Crippen LogP contribution in [0.1, 0.15) is 184 Å². The number of hydrogen-bond donors (Lipinski definition) is 4. The van der Waals surface area contributed by atoms with E-state index < -0.39 is 5.97 Å². The molecule has 3 amide bonds. The third-order valence-corrected chi connectivity index (χ3v) is 14.0. The Balaban J connectivity index is 0.000000271. The number of aryl methyl sites for hydroxylation is 2. The SMILES string of the molecule is CCN(CC)c1ccc(C(=O)NC2CCc3cc(/C=C/C(=O)CCCCCCC(=O)NC)ccc32)cc1.CCN(CC)c1ccc(C(=O)NC2CCc3cc(/C=C/C(=O)CCCCCCC(=O)O)ccc32)cc1. The minimum absolute atomic E-state index is 0.00394. The van der Waals surface area contributed by atoms with Crippen LogP contribution >= 0.6 is 0 Å². The van der Waals surface area contributed by atoms with Crippen LogP contribution in [-0.2, 0) is 32.0 Å². The van der Waals surface area contributed by atoms with Crippen LogP contribution in [0.5, 0.6) is 0 Å². The van der Waals surface area contributed by atoms with E-state index in [2.05, 4.69) is 77.7 Å². The van der Waals surface area contributed by atoms with E-state index >= 15 is 0 Å². The molecule has 390 valence electrons. The Kier molecular flexibility index (Phi) is 23.7. The highest BCUT2D eigenvalue weighted by molar-refractivity contribution is 5.96. The predicted molar refractivity (Wildman–Crippen MR) is 295 cm³/mol. The fourth-order valence-electron chi connectivity index (χ4n) is 9.63. The summed E-state index contributed by atoms with van der Waals surface area (Å²) in [5.74, 6) is -0.584. The first-order valence-electron chi connectivity index (χ1n) is 26.8. The summed E-state index contributed by atoms with van der Waals surface area (Å²) in [4.78, 5) is 76.4. The van der Waals surface area contributed by atoms with Gasteiger partial charge in [0.25, 0.3) is 11.8 Å². The maximum Gasteiger partial charge on any atom is 0.303 e. The first-order valence-corrected chi connectivity index (χ1v) is 26.8. The fourth-order valence-corrected chi connectivity index (χ4v) is 9.63. The quantitative estimate of drug-likeness (QED) is 0.0320. The van der Waals surface area contributed by atoms with Crippen LogP contribution in [0.25, 0.3) is 12.2 Å². The molecule has 2 unspecified atom stereocenters. The van der Waals surface area contributed by atoms with Gasteiger partial charge >= 0.3 is 5.97 Å². The Morgan fingerprint density at radius 2 is 0.904 bits per heavy atom. The highest BCUT2D eigenvalue weighted by Crippen LogP contribution is 2.34. The number of carbonyl (C=O) groups is 6. The van der Waals surface area contributed by atoms with Gasteiger partial charge in [-0.1, -0.05) is 74.2 Å². The van der Waals surface area contributed by atoms with E-state index in [4.69, 9.17) is 5.11 Å². The van der Waals surface area contributed by atoms with Gasteiger partial charge < -0.3 is 30.9 Å². The van der Waals surface area contributed by atoms with Crippen molar-refractivity contribution >= 4 is 58.8 Å². The number of unbranched alkanes of at least 4 members (excludes halogenated alkanes) is 6. The van der Waals surface area contributed by atoms with E-state index in [-0.39, 0.29) is 47.8 Å². The number of carboxylic acids is 1. The number of anilines is 2. The summed E-state index contributed by atoms with van der Waals surface area (Å²) in [6, 6.07) is 28.0. The standard InChI is InChI=1S/C31H41N3O3.C30H38N2O4/c1-4-34(5-2)26-17-14-24(15-18-26)31(37)33-29-21-16-25-22-23(13-20-28(25)29)12-19-27(35)10-8-6-7-9-11-30(36)32-3;1-3-32(4-2)25-16-13-23(14-17-25)30(36)31-28-20-15-24-21-22(12-19-27(24)28)11-18-26(33)9-7-5-6-8-10-29(34)35/h12-15,17-20,22,29H,4-11,16,21H2,1-3H3,(H,32,36)(H,33,37);11-14,16-19,21,28H,3-10,15,20H2,1-2H3,(H,31,36)(H,34,35)/b19-12+;18-11+. The molecule has 0 aliphatic heterocycles. The Hall–Kier alpha value is -6.82.